The van der Waals surface area contributed by atoms with Gasteiger partial charge in [0.25, 0.3) is 0 Å². The summed E-state index contributed by atoms with van der Waals surface area (Å²) in [4.78, 5) is 27.9. The van der Waals surface area contributed by atoms with E-state index in [0.29, 0.717) is 13.1 Å². The standard InChI is InChI=1S/C22H33N3O3/c1-16-14-25(20(27)28-21(3,4)5)13-12-24(16)15-18-6-8-19(9-7-18)22(10-11-22)23-17(2)26/h6-9,16H,10-15H2,1-5H3,(H,23,26)/t16-/m1/s1. The van der Waals surface area contributed by atoms with Crippen molar-refractivity contribution in [2.24, 2.45) is 0 Å². The first-order chi connectivity index (χ1) is 13.1. The number of carbonyl (C=O) groups excluding carboxylic acids is 2. The predicted molar refractivity (Wildman–Crippen MR) is 109 cm³/mol. The van der Waals surface area contributed by atoms with Crippen LogP contribution in [0.15, 0.2) is 24.3 Å². The monoisotopic (exact) mass is 387 g/mol. The minimum absolute atomic E-state index is 0.0262. The van der Waals surface area contributed by atoms with Crippen LogP contribution in [-0.4, -0.2) is 53.1 Å². The summed E-state index contributed by atoms with van der Waals surface area (Å²) in [5.41, 5.74) is 1.83. The molecule has 1 saturated carbocycles. The van der Waals surface area contributed by atoms with Crippen LogP contribution in [0, 0.1) is 0 Å². The molecule has 0 spiro atoms. The molecule has 3 rings (SSSR count). The third kappa shape index (κ3) is 5.04. The normalized spacial score (nSPS) is 21.9. The topological polar surface area (TPSA) is 61.9 Å². The molecule has 1 aromatic carbocycles. The summed E-state index contributed by atoms with van der Waals surface area (Å²) in [5, 5.41) is 3.09. The predicted octanol–water partition coefficient (Wildman–Crippen LogP) is 3.25. The van der Waals surface area contributed by atoms with Gasteiger partial charge >= 0.3 is 6.09 Å². The highest BCUT2D eigenvalue weighted by atomic mass is 16.6. The summed E-state index contributed by atoms with van der Waals surface area (Å²) in [7, 11) is 0. The van der Waals surface area contributed by atoms with Gasteiger partial charge in [0.2, 0.25) is 5.91 Å². The molecule has 0 radical (unpaired) electrons. The van der Waals surface area contributed by atoms with Crippen LogP contribution in [0.4, 0.5) is 4.79 Å². The SMILES string of the molecule is CC(=O)NC1(c2ccc(CN3CCN(C(=O)OC(C)(C)C)C[C@H]3C)cc2)CC1. The lowest BCUT2D eigenvalue weighted by molar-refractivity contribution is -0.120. The van der Waals surface area contributed by atoms with Gasteiger partial charge in [-0.1, -0.05) is 24.3 Å². The second-order valence-electron chi connectivity index (χ2n) is 9.21. The number of benzene rings is 1. The Labute approximate surface area is 168 Å². The molecule has 1 heterocycles. The summed E-state index contributed by atoms with van der Waals surface area (Å²) in [6, 6.07) is 8.86. The molecule has 0 aromatic heterocycles. The highest BCUT2D eigenvalue weighted by Crippen LogP contribution is 2.45. The molecule has 0 bridgehead atoms. The summed E-state index contributed by atoms with van der Waals surface area (Å²) in [5.74, 6) is 0.0262. The van der Waals surface area contributed by atoms with Crippen molar-refractivity contribution in [2.75, 3.05) is 19.6 Å². The molecule has 1 aliphatic heterocycles. The molecule has 6 nitrogen and oxygen atoms in total. The molecule has 154 valence electrons. The van der Waals surface area contributed by atoms with Crippen LogP contribution in [0.5, 0.6) is 0 Å². The van der Waals surface area contributed by atoms with E-state index in [9.17, 15) is 9.59 Å². The van der Waals surface area contributed by atoms with Gasteiger partial charge in [0.05, 0.1) is 5.54 Å². The second kappa shape index (κ2) is 7.74. The fraction of sp³-hybridized carbons (Fsp3) is 0.636. The molecule has 2 fully saturated rings. The average molecular weight is 388 g/mol. The third-order valence-corrected chi connectivity index (χ3v) is 5.47. The van der Waals surface area contributed by atoms with Crippen LogP contribution in [0.2, 0.25) is 0 Å². The summed E-state index contributed by atoms with van der Waals surface area (Å²) < 4.78 is 5.50. The molecule has 0 unspecified atom stereocenters. The second-order valence-corrected chi connectivity index (χ2v) is 9.21. The first-order valence-electron chi connectivity index (χ1n) is 10.2. The van der Waals surface area contributed by atoms with Crippen LogP contribution < -0.4 is 5.32 Å². The van der Waals surface area contributed by atoms with Gasteiger partial charge in [-0.25, -0.2) is 4.79 Å². The lowest BCUT2D eigenvalue weighted by Gasteiger charge is -2.40. The van der Waals surface area contributed by atoms with Crippen molar-refractivity contribution in [1.82, 2.24) is 15.1 Å². The molecule has 1 N–H and O–H groups in total. The number of amides is 2. The van der Waals surface area contributed by atoms with Crippen LogP contribution >= 0.6 is 0 Å². The van der Waals surface area contributed by atoms with Gasteiger partial charge in [-0.05, 0) is 51.7 Å². The highest BCUT2D eigenvalue weighted by Gasteiger charge is 2.45. The van der Waals surface area contributed by atoms with Gasteiger partial charge in [-0.2, -0.15) is 0 Å². The largest absolute Gasteiger partial charge is 0.444 e. The number of nitrogens with zero attached hydrogens (tertiary/aromatic N) is 2. The molecule has 1 atom stereocenters. The Morgan fingerprint density at radius 1 is 1.18 bits per heavy atom. The molecule has 2 aliphatic rings. The van der Waals surface area contributed by atoms with Crippen LogP contribution in [0.3, 0.4) is 0 Å². The van der Waals surface area contributed by atoms with E-state index in [4.69, 9.17) is 4.74 Å². The average Bonchev–Trinajstić information content (AvgIpc) is 3.35. The van der Waals surface area contributed by atoms with Crippen LogP contribution in [-0.2, 0) is 21.6 Å². The Hall–Kier alpha value is -2.08. The summed E-state index contributed by atoms with van der Waals surface area (Å²) in [6.45, 7) is 12.5. The molecule has 28 heavy (non-hydrogen) atoms. The van der Waals surface area contributed by atoms with Gasteiger partial charge in [-0.3, -0.25) is 9.69 Å². The maximum Gasteiger partial charge on any atom is 0.410 e. The van der Waals surface area contributed by atoms with Crippen molar-refractivity contribution in [1.29, 1.82) is 0 Å². The molecule has 1 saturated heterocycles. The van der Waals surface area contributed by atoms with Crippen molar-refractivity contribution < 1.29 is 14.3 Å². The van der Waals surface area contributed by atoms with Crippen molar-refractivity contribution in [2.45, 2.75) is 71.2 Å². The van der Waals surface area contributed by atoms with E-state index in [0.717, 1.165) is 25.9 Å². The Kier molecular flexibility index (Phi) is 5.71. The Morgan fingerprint density at radius 3 is 2.32 bits per heavy atom. The van der Waals surface area contributed by atoms with Gasteiger partial charge in [0.1, 0.15) is 5.60 Å². The zero-order valence-corrected chi connectivity index (χ0v) is 17.7. The van der Waals surface area contributed by atoms with E-state index in [1.807, 2.05) is 20.8 Å². The minimum atomic E-state index is -0.463. The van der Waals surface area contributed by atoms with Crippen LogP contribution in [0.25, 0.3) is 0 Å². The first kappa shape index (κ1) is 20.6. The third-order valence-electron chi connectivity index (χ3n) is 5.47. The zero-order chi connectivity index (χ0) is 20.5. The van der Waals surface area contributed by atoms with E-state index >= 15 is 0 Å². The molecule has 6 heteroatoms. The van der Waals surface area contributed by atoms with Crippen molar-refractivity contribution in [3.05, 3.63) is 35.4 Å². The smallest absolute Gasteiger partial charge is 0.410 e. The van der Waals surface area contributed by atoms with Gasteiger partial charge < -0.3 is 15.0 Å². The highest BCUT2D eigenvalue weighted by molar-refractivity contribution is 5.74. The number of hydrogen-bond donors (Lipinski definition) is 1. The number of piperazine rings is 1. The molecule has 1 aliphatic carbocycles. The van der Waals surface area contributed by atoms with Crippen molar-refractivity contribution >= 4 is 12.0 Å². The van der Waals surface area contributed by atoms with E-state index in [-0.39, 0.29) is 23.6 Å². The Balaban J connectivity index is 1.55. The lowest BCUT2D eigenvalue weighted by atomic mass is 10.0. The fourth-order valence-corrected chi connectivity index (χ4v) is 3.83. The first-order valence-corrected chi connectivity index (χ1v) is 10.2. The van der Waals surface area contributed by atoms with Gasteiger partial charge in [-0.15, -0.1) is 0 Å². The molecule has 2 amide bonds. The fourth-order valence-electron chi connectivity index (χ4n) is 3.83. The van der Waals surface area contributed by atoms with Gasteiger partial charge in [0.15, 0.2) is 0 Å². The molecular weight excluding hydrogens is 354 g/mol. The van der Waals surface area contributed by atoms with Crippen molar-refractivity contribution in [3.63, 3.8) is 0 Å². The van der Waals surface area contributed by atoms with E-state index < -0.39 is 5.60 Å². The molecule has 1 aromatic rings. The summed E-state index contributed by atoms with van der Waals surface area (Å²) in [6.07, 6.45) is 1.79. The number of carbonyl (C=O) groups is 2. The van der Waals surface area contributed by atoms with E-state index in [1.54, 1.807) is 11.8 Å². The maximum absolute atomic E-state index is 12.3. The lowest BCUT2D eigenvalue weighted by Crippen LogP contribution is -2.54. The number of rotatable bonds is 4. The van der Waals surface area contributed by atoms with E-state index in [2.05, 4.69) is 41.4 Å². The number of nitrogens with one attached hydrogen (secondary N) is 1. The maximum atomic E-state index is 12.3. The number of ether oxygens (including phenoxy) is 1. The van der Waals surface area contributed by atoms with E-state index in [1.165, 1.54) is 11.1 Å². The number of hydrogen-bond acceptors (Lipinski definition) is 4. The van der Waals surface area contributed by atoms with Gasteiger partial charge in [0, 0.05) is 39.1 Å². The minimum Gasteiger partial charge on any atom is -0.444 e. The molecular formula is C22H33N3O3. The van der Waals surface area contributed by atoms with Crippen molar-refractivity contribution in [3.8, 4) is 0 Å². The van der Waals surface area contributed by atoms with Crippen LogP contribution in [0.1, 0.15) is 58.6 Å². The Bertz CT molecular complexity index is 720. The quantitative estimate of drug-likeness (QED) is 0.861. The Morgan fingerprint density at radius 2 is 1.82 bits per heavy atom. The zero-order valence-electron chi connectivity index (χ0n) is 17.7. The summed E-state index contributed by atoms with van der Waals surface area (Å²) >= 11 is 0.